The molecule has 0 aromatic carbocycles. The van der Waals surface area contributed by atoms with Gasteiger partial charge in [0.1, 0.15) is 0 Å². The molecule has 0 radical (unpaired) electrons. The Morgan fingerprint density at radius 1 is 0.778 bits per heavy atom. The Bertz CT molecular complexity index is 478. The van der Waals surface area contributed by atoms with Crippen LogP contribution >= 0.6 is 0 Å². The highest BCUT2D eigenvalue weighted by Crippen LogP contribution is 2.11. The predicted octanol–water partition coefficient (Wildman–Crippen LogP) is 2.06. The molecule has 27 heavy (non-hydrogen) atoms. The van der Waals surface area contributed by atoms with E-state index in [4.69, 9.17) is 19.9 Å². The number of nitrogens with zero attached hydrogens (tertiary/aromatic N) is 3. The van der Waals surface area contributed by atoms with Crippen molar-refractivity contribution in [3.63, 3.8) is 0 Å². The molecule has 0 aliphatic carbocycles. The molecular weight excluding hydrogens is 348 g/mol. The zero-order chi connectivity index (χ0) is 19.6. The third-order valence-electron chi connectivity index (χ3n) is 3.77. The molecule has 4 N–H and O–H groups in total. The van der Waals surface area contributed by atoms with Gasteiger partial charge in [-0.25, -0.2) is 0 Å². The van der Waals surface area contributed by atoms with Crippen molar-refractivity contribution in [1.29, 1.82) is 0 Å². The molecular formula is C18H36N6O3. The Balaban J connectivity index is 2.25. The highest BCUT2D eigenvalue weighted by Gasteiger charge is 2.06. The number of nitrogens with one attached hydrogen (secondary N) is 2. The monoisotopic (exact) mass is 384 g/mol. The van der Waals surface area contributed by atoms with Gasteiger partial charge in [0.15, 0.2) is 0 Å². The number of methoxy groups -OCH3 is 1. The van der Waals surface area contributed by atoms with Gasteiger partial charge in [-0.3, -0.25) is 0 Å². The van der Waals surface area contributed by atoms with Gasteiger partial charge >= 0.3 is 6.01 Å². The van der Waals surface area contributed by atoms with Crippen LogP contribution in [0, 0.1) is 0 Å². The second-order valence-corrected chi connectivity index (χ2v) is 6.10. The van der Waals surface area contributed by atoms with Gasteiger partial charge in [-0.05, 0) is 6.42 Å². The summed E-state index contributed by atoms with van der Waals surface area (Å²) in [6.45, 7) is 6.34. The highest BCUT2D eigenvalue weighted by molar-refractivity contribution is 5.35. The predicted molar refractivity (Wildman–Crippen MR) is 107 cm³/mol. The maximum Gasteiger partial charge on any atom is 0.322 e. The summed E-state index contributed by atoms with van der Waals surface area (Å²) in [7, 11) is 1.54. The van der Waals surface area contributed by atoms with Crippen molar-refractivity contribution in [3.05, 3.63) is 0 Å². The van der Waals surface area contributed by atoms with Crippen LogP contribution in [-0.4, -0.2) is 68.1 Å². The third-order valence-corrected chi connectivity index (χ3v) is 3.77. The summed E-state index contributed by atoms with van der Waals surface area (Å²) < 4.78 is 15.9. The molecule has 0 saturated heterocycles. The summed E-state index contributed by atoms with van der Waals surface area (Å²) in [4.78, 5) is 12.8. The Hall–Kier alpha value is -1.71. The molecule has 0 spiro atoms. The molecule has 0 bridgehead atoms. The lowest BCUT2D eigenvalue weighted by atomic mass is 10.1. The number of rotatable bonds is 18. The molecule has 1 heterocycles. The van der Waals surface area contributed by atoms with Gasteiger partial charge in [0.05, 0.1) is 33.5 Å². The van der Waals surface area contributed by atoms with Gasteiger partial charge in [0.25, 0.3) is 0 Å². The lowest BCUT2D eigenvalue weighted by molar-refractivity contribution is 0.0547. The van der Waals surface area contributed by atoms with E-state index in [1.165, 1.54) is 32.1 Å². The molecule has 9 heteroatoms. The zero-order valence-corrected chi connectivity index (χ0v) is 16.8. The standard InChI is InChI=1S/C18H36N6O3/c1-3-4-5-6-7-8-10-20-16-22-17(24-18(23-16)25-2)21-11-13-27-15-14-26-12-9-19/h3-15,19H2,1-2H3,(H2,20,21,22,23,24). The van der Waals surface area contributed by atoms with Crippen LogP contribution in [-0.2, 0) is 9.47 Å². The number of nitrogens with two attached hydrogens (primary N) is 1. The maximum absolute atomic E-state index is 5.46. The van der Waals surface area contributed by atoms with E-state index < -0.39 is 0 Å². The SMILES string of the molecule is CCCCCCCCNc1nc(NCCOCCOCCN)nc(OC)n1. The van der Waals surface area contributed by atoms with E-state index in [9.17, 15) is 0 Å². The van der Waals surface area contributed by atoms with Crippen LogP contribution < -0.4 is 21.1 Å². The topological polar surface area (TPSA) is 116 Å². The lowest BCUT2D eigenvalue weighted by Crippen LogP contribution is -2.16. The molecule has 0 fully saturated rings. The van der Waals surface area contributed by atoms with E-state index in [0.717, 1.165) is 13.0 Å². The molecule has 1 rings (SSSR count). The number of anilines is 2. The second-order valence-electron chi connectivity index (χ2n) is 6.10. The first-order chi connectivity index (χ1) is 13.3. The maximum atomic E-state index is 5.46. The van der Waals surface area contributed by atoms with Gasteiger partial charge in [-0.2, -0.15) is 15.0 Å². The van der Waals surface area contributed by atoms with E-state index in [1.807, 2.05) is 0 Å². The van der Waals surface area contributed by atoms with Gasteiger partial charge < -0.3 is 30.6 Å². The van der Waals surface area contributed by atoms with E-state index in [0.29, 0.717) is 51.4 Å². The fourth-order valence-electron chi connectivity index (χ4n) is 2.35. The van der Waals surface area contributed by atoms with Crippen LogP contribution in [0.4, 0.5) is 11.9 Å². The molecule has 1 aromatic heterocycles. The summed E-state index contributed by atoms with van der Waals surface area (Å²) in [6.07, 6.45) is 7.49. The Morgan fingerprint density at radius 3 is 2.07 bits per heavy atom. The average Bonchev–Trinajstić information content (AvgIpc) is 2.69. The number of ether oxygens (including phenoxy) is 3. The average molecular weight is 385 g/mol. The molecule has 0 unspecified atom stereocenters. The molecule has 156 valence electrons. The molecule has 0 amide bonds. The van der Waals surface area contributed by atoms with E-state index in [-0.39, 0.29) is 6.01 Å². The van der Waals surface area contributed by atoms with Crippen molar-refractivity contribution in [2.75, 3.05) is 63.8 Å². The summed E-state index contributed by atoms with van der Waals surface area (Å²) in [6, 6.07) is 0.286. The van der Waals surface area contributed by atoms with Crippen molar-refractivity contribution >= 4 is 11.9 Å². The molecule has 1 aromatic rings. The van der Waals surface area contributed by atoms with Crippen molar-refractivity contribution in [1.82, 2.24) is 15.0 Å². The summed E-state index contributed by atoms with van der Waals surface area (Å²) in [5.74, 6) is 0.990. The van der Waals surface area contributed by atoms with E-state index >= 15 is 0 Å². The van der Waals surface area contributed by atoms with Gasteiger partial charge in [-0.15, -0.1) is 0 Å². The van der Waals surface area contributed by atoms with Crippen LogP contribution in [0.25, 0.3) is 0 Å². The van der Waals surface area contributed by atoms with Crippen LogP contribution in [0.2, 0.25) is 0 Å². The van der Waals surface area contributed by atoms with Gasteiger partial charge in [0.2, 0.25) is 11.9 Å². The first-order valence-corrected chi connectivity index (χ1v) is 9.93. The largest absolute Gasteiger partial charge is 0.467 e. The fourth-order valence-corrected chi connectivity index (χ4v) is 2.35. The Morgan fingerprint density at radius 2 is 1.41 bits per heavy atom. The summed E-state index contributed by atoms with van der Waals surface area (Å²) in [5.41, 5.74) is 5.34. The summed E-state index contributed by atoms with van der Waals surface area (Å²) >= 11 is 0. The van der Waals surface area contributed by atoms with Crippen LogP contribution in [0.15, 0.2) is 0 Å². The first-order valence-electron chi connectivity index (χ1n) is 9.93. The van der Waals surface area contributed by atoms with E-state index in [1.54, 1.807) is 7.11 Å². The molecule has 0 aliphatic heterocycles. The Labute approximate surface area is 162 Å². The minimum Gasteiger partial charge on any atom is -0.467 e. The highest BCUT2D eigenvalue weighted by atomic mass is 16.5. The molecule has 0 aliphatic rings. The van der Waals surface area contributed by atoms with Gasteiger partial charge in [0, 0.05) is 19.6 Å². The minimum atomic E-state index is 0.286. The zero-order valence-electron chi connectivity index (χ0n) is 16.8. The van der Waals surface area contributed by atoms with Crippen LogP contribution in [0.1, 0.15) is 45.4 Å². The van der Waals surface area contributed by atoms with Crippen molar-refractivity contribution in [2.24, 2.45) is 5.73 Å². The molecule has 0 atom stereocenters. The van der Waals surface area contributed by atoms with Gasteiger partial charge in [-0.1, -0.05) is 39.0 Å². The number of aromatic nitrogens is 3. The summed E-state index contributed by atoms with van der Waals surface area (Å²) in [5, 5.41) is 6.36. The smallest absolute Gasteiger partial charge is 0.322 e. The quantitative estimate of drug-likeness (QED) is 0.327. The molecule has 0 saturated carbocycles. The third kappa shape index (κ3) is 12.3. The number of hydrogen-bond donors (Lipinski definition) is 3. The van der Waals surface area contributed by atoms with E-state index in [2.05, 4.69) is 32.5 Å². The lowest BCUT2D eigenvalue weighted by Gasteiger charge is -2.10. The normalized spacial score (nSPS) is 10.8. The Kier molecular flexibility index (Phi) is 14.2. The van der Waals surface area contributed by atoms with Crippen LogP contribution in [0.5, 0.6) is 6.01 Å². The van der Waals surface area contributed by atoms with Crippen molar-refractivity contribution in [3.8, 4) is 6.01 Å². The second kappa shape index (κ2) is 16.5. The van der Waals surface area contributed by atoms with Crippen molar-refractivity contribution in [2.45, 2.75) is 45.4 Å². The molecule has 9 nitrogen and oxygen atoms in total. The first kappa shape index (κ1) is 23.3. The number of unbranched alkanes of at least 4 members (excludes halogenated alkanes) is 5. The number of hydrogen-bond acceptors (Lipinski definition) is 9. The van der Waals surface area contributed by atoms with Crippen LogP contribution in [0.3, 0.4) is 0 Å². The van der Waals surface area contributed by atoms with Crippen molar-refractivity contribution < 1.29 is 14.2 Å². The fraction of sp³-hybridized carbons (Fsp3) is 0.833. The minimum absolute atomic E-state index is 0.286.